The minimum absolute atomic E-state index is 0.00546. The molecule has 3 fully saturated rings. The van der Waals surface area contributed by atoms with Crippen molar-refractivity contribution in [1.82, 2.24) is 14.7 Å². The molecule has 3 aliphatic heterocycles. The van der Waals surface area contributed by atoms with Gasteiger partial charge in [0.25, 0.3) is 0 Å². The van der Waals surface area contributed by atoms with Crippen LogP contribution < -0.4 is 3.27 Å². The summed E-state index contributed by atoms with van der Waals surface area (Å²) in [7, 11) is 0. The first-order chi connectivity index (χ1) is 12.0. The van der Waals surface area contributed by atoms with E-state index in [9.17, 15) is 9.59 Å². The van der Waals surface area contributed by atoms with Crippen molar-refractivity contribution >= 4 is 39.6 Å². The SMILES string of the molecule is Cc1cc[c]([BiH2])cc1.O=C1C=C(N2CC2)C(=O)C(N2CC2)=C1N1CC1. The van der Waals surface area contributed by atoms with E-state index < -0.39 is 0 Å². The monoisotopic (exact) mass is 533 g/mol. The van der Waals surface area contributed by atoms with Crippen LogP contribution in [0.2, 0.25) is 0 Å². The molecule has 0 radical (unpaired) electrons. The Kier molecular flexibility index (Phi) is 4.40. The Bertz CT molecular complexity index is 764. The number of hydrogen-bond donors (Lipinski definition) is 0. The molecule has 0 unspecified atom stereocenters. The molecule has 0 spiro atoms. The Morgan fingerprint density at radius 3 is 1.80 bits per heavy atom. The van der Waals surface area contributed by atoms with Gasteiger partial charge in [-0.25, -0.2) is 0 Å². The molecule has 6 heteroatoms. The summed E-state index contributed by atoms with van der Waals surface area (Å²) in [5, 5.41) is 0. The van der Waals surface area contributed by atoms with Gasteiger partial charge in [0.05, 0.1) is 5.70 Å². The first-order valence-electron chi connectivity index (χ1n) is 8.66. The second-order valence-electron chi connectivity index (χ2n) is 6.79. The molecule has 0 atom stereocenters. The molecular weight excluding hydrogens is 511 g/mol. The van der Waals surface area contributed by atoms with Gasteiger partial charge in [0.1, 0.15) is 11.4 Å². The van der Waals surface area contributed by atoms with E-state index in [1.165, 1.54) is 14.9 Å². The summed E-state index contributed by atoms with van der Waals surface area (Å²) in [4.78, 5) is 30.5. The number of ketones is 2. The molecule has 5 nitrogen and oxygen atoms in total. The van der Waals surface area contributed by atoms with Gasteiger partial charge in [-0.15, -0.1) is 0 Å². The van der Waals surface area contributed by atoms with Crippen LogP contribution in [0.3, 0.4) is 0 Å². The Hall–Kier alpha value is -1.68. The quantitative estimate of drug-likeness (QED) is 0.296. The maximum absolute atomic E-state index is 12.4. The smallest absolute Gasteiger partial charge is 0.227 e. The van der Waals surface area contributed by atoms with Gasteiger partial charge in [0, 0.05) is 45.3 Å². The molecule has 0 aromatic heterocycles. The molecule has 0 amide bonds. The molecule has 1 aromatic carbocycles. The number of Topliss-reactive ketones (excluding diaryl/α,β-unsaturated/α-hetero) is 1. The van der Waals surface area contributed by atoms with Crippen molar-refractivity contribution in [1.29, 1.82) is 0 Å². The number of rotatable bonds is 3. The second kappa shape index (κ2) is 6.56. The van der Waals surface area contributed by atoms with Gasteiger partial charge >= 0.3 is 64.7 Å². The Balaban J connectivity index is 0.000000166. The van der Waals surface area contributed by atoms with Crippen LogP contribution in [0.25, 0.3) is 0 Å². The number of carbonyl (C=O) groups is 2. The number of aryl methyl sites for hydroxylation is 1. The summed E-state index contributed by atoms with van der Waals surface area (Å²) >= 11 is 0.987. The maximum atomic E-state index is 12.4. The number of allylic oxidation sites excluding steroid dienone is 1. The molecule has 3 saturated heterocycles. The first-order valence-corrected chi connectivity index (χ1v) is 10.9. The molecule has 1 aliphatic carbocycles. The molecule has 3 heterocycles. The van der Waals surface area contributed by atoms with Crippen molar-refractivity contribution in [2.75, 3.05) is 39.3 Å². The van der Waals surface area contributed by atoms with Crippen LogP contribution in [-0.2, 0) is 9.59 Å². The van der Waals surface area contributed by atoms with Gasteiger partial charge < -0.3 is 14.7 Å². The Morgan fingerprint density at radius 2 is 1.32 bits per heavy atom. The van der Waals surface area contributed by atoms with E-state index in [4.69, 9.17) is 0 Å². The van der Waals surface area contributed by atoms with Crippen LogP contribution in [0, 0.1) is 6.92 Å². The van der Waals surface area contributed by atoms with Crippen molar-refractivity contribution in [3.05, 3.63) is 53.0 Å². The molecule has 1 aromatic rings. The topological polar surface area (TPSA) is 43.2 Å². The van der Waals surface area contributed by atoms with Crippen LogP contribution in [0.5, 0.6) is 0 Å². The largest absolute Gasteiger partial charge is 0.365 e. The van der Waals surface area contributed by atoms with Crippen molar-refractivity contribution in [2.45, 2.75) is 6.92 Å². The van der Waals surface area contributed by atoms with E-state index in [-0.39, 0.29) is 11.6 Å². The van der Waals surface area contributed by atoms with E-state index in [2.05, 4.69) is 31.2 Å². The van der Waals surface area contributed by atoms with Gasteiger partial charge in [-0.3, -0.25) is 9.59 Å². The minimum atomic E-state index is 0.00546. The summed E-state index contributed by atoms with van der Waals surface area (Å²) in [6.45, 7) is 7.52. The maximum Gasteiger partial charge on any atom is 0.227 e. The average molecular weight is 533 g/mol. The van der Waals surface area contributed by atoms with Gasteiger partial charge in [-0.2, -0.15) is 0 Å². The molecule has 130 valence electrons. The minimum Gasteiger partial charge on any atom is -0.365 e. The van der Waals surface area contributed by atoms with Crippen LogP contribution in [0.4, 0.5) is 0 Å². The van der Waals surface area contributed by atoms with Gasteiger partial charge in [-0.05, 0) is 0 Å². The molecule has 0 bridgehead atoms. The predicted octanol–water partition coefficient (Wildman–Crippen LogP) is -0.566. The van der Waals surface area contributed by atoms with Crippen molar-refractivity contribution in [3.63, 3.8) is 0 Å². The second-order valence-corrected chi connectivity index (χ2v) is 9.38. The summed E-state index contributed by atoms with van der Waals surface area (Å²) in [5.41, 5.74) is 3.24. The zero-order valence-corrected chi connectivity index (χ0v) is 18.9. The van der Waals surface area contributed by atoms with E-state index in [0.717, 1.165) is 64.0 Å². The van der Waals surface area contributed by atoms with E-state index in [0.29, 0.717) is 17.1 Å². The van der Waals surface area contributed by atoms with E-state index >= 15 is 0 Å². The summed E-state index contributed by atoms with van der Waals surface area (Å²) < 4.78 is 1.50. The average Bonchev–Trinajstić information content (AvgIpc) is 3.45. The third kappa shape index (κ3) is 3.79. The molecule has 0 N–H and O–H groups in total. The molecular formula is C19H22BiN3O2. The Morgan fingerprint density at radius 1 is 0.800 bits per heavy atom. The van der Waals surface area contributed by atoms with Crippen LogP contribution in [0.15, 0.2) is 47.4 Å². The standard InChI is InChI=1S/C12H13N3O2.C7H7.Bi.2H/c16-9-7-8(13-1-2-13)12(17)11(15-5-6-15)10(9)14-3-4-14;1-7-5-3-2-4-6-7;;;/h7H,1-6H2;3-6H,1H3;;;. The fourth-order valence-electron chi connectivity index (χ4n) is 2.84. The summed E-state index contributed by atoms with van der Waals surface area (Å²) in [6.07, 6.45) is 1.52. The van der Waals surface area contributed by atoms with Gasteiger partial charge in [0.15, 0.2) is 0 Å². The fourth-order valence-corrected chi connectivity index (χ4v) is 3.59. The Labute approximate surface area is 162 Å². The van der Waals surface area contributed by atoms with Crippen molar-refractivity contribution in [3.8, 4) is 0 Å². The van der Waals surface area contributed by atoms with E-state index in [1.54, 1.807) is 0 Å². The van der Waals surface area contributed by atoms with Gasteiger partial charge in [0.2, 0.25) is 11.6 Å². The fraction of sp³-hybridized carbons (Fsp3) is 0.368. The van der Waals surface area contributed by atoms with Gasteiger partial charge in [-0.1, -0.05) is 0 Å². The molecule has 0 saturated carbocycles. The molecule has 25 heavy (non-hydrogen) atoms. The van der Waals surface area contributed by atoms with Crippen LogP contribution in [0.1, 0.15) is 5.56 Å². The van der Waals surface area contributed by atoms with Crippen molar-refractivity contribution < 1.29 is 9.59 Å². The number of nitrogens with zero attached hydrogens (tertiary/aromatic N) is 3. The zero-order chi connectivity index (χ0) is 17.6. The zero-order valence-electron chi connectivity index (χ0n) is 14.4. The number of hydrogen-bond acceptors (Lipinski definition) is 5. The molecule has 5 rings (SSSR count). The first kappa shape index (κ1) is 16.8. The number of benzene rings is 1. The summed E-state index contributed by atoms with van der Waals surface area (Å²) in [6, 6.07) is 8.71. The number of carbonyl (C=O) groups excluding carboxylic acids is 2. The summed E-state index contributed by atoms with van der Waals surface area (Å²) in [5.74, 6) is 0.0485. The van der Waals surface area contributed by atoms with E-state index in [1.807, 2.05) is 14.7 Å². The van der Waals surface area contributed by atoms with Crippen LogP contribution in [-0.4, -0.2) is 90.3 Å². The van der Waals surface area contributed by atoms with Crippen molar-refractivity contribution in [2.24, 2.45) is 0 Å². The molecule has 4 aliphatic rings. The van der Waals surface area contributed by atoms with Crippen LogP contribution >= 0.6 is 0 Å². The predicted molar refractivity (Wildman–Crippen MR) is 99.2 cm³/mol. The third-order valence-corrected chi connectivity index (χ3v) is 6.06. The third-order valence-electron chi connectivity index (χ3n) is 4.57. The normalized spacial score (nSPS) is 21.0.